The molecule has 2 N–H and O–H groups in total. The first-order valence-electron chi connectivity index (χ1n) is 5.98. The highest BCUT2D eigenvalue weighted by Gasteiger charge is 2.28. The van der Waals surface area contributed by atoms with E-state index < -0.39 is 0 Å². The summed E-state index contributed by atoms with van der Waals surface area (Å²) in [7, 11) is 1.67. The number of benzene rings is 2. The van der Waals surface area contributed by atoms with Crippen LogP contribution in [-0.2, 0) is 6.54 Å². The van der Waals surface area contributed by atoms with Gasteiger partial charge in [-0.05, 0) is 17.7 Å². The minimum absolute atomic E-state index is 0.00245. The summed E-state index contributed by atoms with van der Waals surface area (Å²) >= 11 is 0. The summed E-state index contributed by atoms with van der Waals surface area (Å²) in [5.41, 5.74) is 3.16. The monoisotopic (exact) mass is 241 g/mol. The SMILES string of the molecule is COc1ccccc1C1NCc2cccc(O)c21. The van der Waals surface area contributed by atoms with E-state index in [1.165, 1.54) is 0 Å². The van der Waals surface area contributed by atoms with Crippen molar-refractivity contribution in [2.75, 3.05) is 7.11 Å². The quantitative estimate of drug-likeness (QED) is 0.849. The molecule has 0 saturated heterocycles. The Morgan fingerprint density at radius 2 is 2.00 bits per heavy atom. The number of fused-ring (bicyclic) bond motifs is 1. The predicted octanol–water partition coefficient (Wildman–Crippen LogP) is 2.59. The molecule has 0 aliphatic carbocycles. The van der Waals surface area contributed by atoms with Crippen molar-refractivity contribution in [3.63, 3.8) is 0 Å². The van der Waals surface area contributed by atoms with E-state index in [-0.39, 0.29) is 6.04 Å². The van der Waals surface area contributed by atoms with Gasteiger partial charge in [0.15, 0.2) is 0 Å². The molecule has 1 aliphatic heterocycles. The minimum atomic E-state index is -0.00245. The maximum atomic E-state index is 10.0. The molecule has 0 spiro atoms. The van der Waals surface area contributed by atoms with Crippen molar-refractivity contribution in [2.45, 2.75) is 12.6 Å². The minimum Gasteiger partial charge on any atom is -0.508 e. The highest BCUT2D eigenvalue weighted by molar-refractivity contribution is 5.51. The van der Waals surface area contributed by atoms with Gasteiger partial charge in [0.1, 0.15) is 11.5 Å². The smallest absolute Gasteiger partial charge is 0.123 e. The molecular weight excluding hydrogens is 226 g/mol. The zero-order valence-corrected chi connectivity index (χ0v) is 10.2. The molecule has 3 rings (SSSR count). The Bertz CT molecular complexity index is 580. The molecule has 0 fully saturated rings. The second-order valence-corrected chi connectivity index (χ2v) is 4.41. The summed E-state index contributed by atoms with van der Waals surface area (Å²) in [6.07, 6.45) is 0. The molecule has 1 unspecified atom stereocenters. The molecule has 0 saturated carbocycles. The van der Waals surface area contributed by atoms with E-state index in [1.807, 2.05) is 36.4 Å². The van der Waals surface area contributed by atoms with Gasteiger partial charge >= 0.3 is 0 Å². The molecule has 0 radical (unpaired) electrons. The Balaban J connectivity index is 2.12. The Labute approximate surface area is 106 Å². The first-order chi connectivity index (χ1) is 8.81. The van der Waals surface area contributed by atoms with Crippen molar-refractivity contribution in [1.82, 2.24) is 5.32 Å². The van der Waals surface area contributed by atoms with E-state index in [1.54, 1.807) is 13.2 Å². The molecule has 2 aromatic rings. The van der Waals surface area contributed by atoms with E-state index >= 15 is 0 Å². The number of phenols is 1. The lowest BCUT2D eigenvalue weighted by atomic mass is 9.97. The number of hydrogen-bond acceptors (Lipinski definition) is 3. The Kier molecular flexibility index (Phi) is 2.68. The summed E-state index contributed by atoms with van der Waals surface area (Å²) < 4.78 is 5.39. The maximum Gasteiger partial charge on any atom is 0.123 e. The van der Waals surface area contributed by atoms with E-state index in [2.05, 4.69) is 5.32 Å². The Morgan fingerprint density at radius 1 is 1.17 bits per heavy atom. The van der Waals surface area contributed by atoms with Gasteiger partial charge in [-0.15, -0.1) is 0 Å². The van der Waals surface area contributed by atoms with Crippen molar-refractivity contribution in [3.05, 3.63) is 59.2 Å². The van der Waals surface area contributed by atoms with E-state index in [4.69, 9.17) is 4.74 Å². The summed E-state index contributed by atoms with van der Waals surface area (Å²) in [4.78, 5) is 0. The third-order valence-electron chi connectivity index (χ3n) is 3.41. The fraction of sp³-hybridized carbons (Fsp3) is 0.200. The molecule has 1 atom stereocenters. The number of rotatable bonds is 2. The van der Waals surface area contributed by atoms with Gasteiger partial charge in [-0.1, -0.05) is 30.3 Å². The molecule has 0 bridgehead atoms. The fourth-order valence-electron chi connectivity index (χ4n) is 2.57. The van der Waals surface area contributed by atoms with E-state index in [0.29, 0.717) is 5.75 Å². The Morgan fingerprint density at radius 3 is 2.83 bits per heavy atom. The second-order valence-electron chi connectivity index (χ2n) is 4.41. The first-order valence-corrected chi connectivity index (χ1v) is 5.98. The summed E-state index contributed by atoms with van der Waals surface area (Å²) in [6, 6.07) is 13.5. The number of para-hydroxylation sites is 1. The van der Waals surface area contributed by atoms with Crippen LogP contribution in [0.4, 0.5) is 0 Å². The first kappa shape index (κ1) is 11.1. The number of phenolic OH excluding ortho intramolecular Hbond substituents is 1. The lowest BCUT2D eigenvalue weighted by Crippen LogP contribution is -2.14. The zero-order chi connectivity index (χ0) is 12.5. The van der Waals surface area contributed by atoms with Gasteiger partial charge in [-0.2, -0.15) is 0 Å². The highest BCUT2D eigenvalue weighted by atomic mass is 16.5. The number of nitrogens with one attached hydrogen (secondary N) is 1. The van der Waals surface area contributed by atoms with Crippen LogP contribution in [-0.4, -0.2) is 12.2 Å². The van der Waals surface area contributed by atoms with Crippen LogP contribution in [0.1, 0.15) is 22.7 Å². The largest absolute Gasteiger partial charge is 0.508 e. The summed E-state index contributed by atoms with van der Waals surface area (Å²) in [6.45, 7) is 0.770. The van der Waals surface area contributed by atoms with Crippen LogP contribution < -0.4 is 10.1 Å². The third kappa shape index (κ3) is 1.64. The molecule has 0 aromatic heterocycles. The fourth-order valence-corrected chi connectivity index (χ4v) is 2.57. The molecule has 92 valence electrons. The number of hydrogen-bond donors (Lipinski definition) is 2. The van der Waals surface area contributed by atoms with Crippen LogP contribution in [0.25, 0.3) is 0 Å². The number of ether oxygens (including phenoxy) is 1. The van der Waals surface area contributed by atoms with Gasteiger partial charge in [0, 0.05) is 17.7 Å². The molecule has 2 aromatic carbocycles. The maximum absolute atomic E-state index is 10.0. The van der Waals surface area contributed by atoms with Gasteiger partial charge in [0.25, 0.3) is 0 Å². The summed E-state index contributed by atoms with van der Waals surface area (Å²) in [5, 5.41) is 13.5. The van der Waals surface area contributed by atoms with Gasteiger partial charge < -0.3 is 15.2 Å². The van der Waals surface area contributed by atoms with Crippen molar-refractivity contribution in [2.24, 2.45) is 0 Å². The highest BCUT2D eigenvalue weighted by Crippen LogP contribution is 2.39. The van der Waals surface area contributed by atoms with Crippen molar-refractivity contribution in [1.29, 1.82) is 0 Å². The lowest BCUT2D eigenvalue weighted by molar-refractivity contribution is 0.404. The average molecular weight is 241 g/mol. The van der Waals surface area contributed by atoms with Gasteiger partial charge in [-0.3, -0.25) is 0 Å². The van der Waals surface area contributed by atoms with Crippen LogP contribution >= 0.6 is 0 Å². The topological polar surface area (TPSA) is 41.5 Å². The lowest BCUT2D eigenvalue weighted by Gasteiger charge is -2.17. The van der Waals surface area contributed by atoms with Crippen molar-refractivity contribution in [3.8, 4) is 11.5 Å². The molecule has 3 nitrogen and oxygen atoms in total. The zero-order valence-electron chi connectivity index (χ0n) is 10.2. The van der Waals surface area contributed by atoms with Crippen LogP contribution in [0, 0.1) is 0 Å². The van der Waals surface area contributed by atoms with Crippen LogP contribution in [0.2, 0.25) is 0 Å². The number of methoxy groups -OCH3 is 1. The van der Waals surface area contributed by atoms with Gasteiger partial charge in [0.2, 0.25) is 0 Å². The van der Waals surface area contributed by atoms with Crippen LogP contribution in [0.3, 0.4) is 0 Å². The predicted molar refractivity (Wildman–Crippen MR) is 69.8 cm³/mol. The van der Waals surface area contributed by atoms with Crippen molar-refractivity contribution < 1.29 is 9.84 Å². The molecule has 1 heterocycles. The van der Waals surface area contributed by atoms with E-state index in [9.17, 15) is 5.11 Å². The molecular formula is C15H15NO2. The van der Waals surface area contributed by atoms with Gasteiger partial charge in [0.05, 0.1) is 13.2 Å². The molecule has 3 heteroatoms. The Hall–Kier alpha value is -2.00. The molecule has 0 amide bonds. The van der Waals surface area contributed by atoms with Crippen LogP contribution in [0.15, 0.2) is 42.5 Å². The van der Waals surface area contributed by atoms with E-state index in [0.717, 1.165) is 29.0 Å². The van der Waals surface area contributed by atoms with Crippen LogP contribution in [0.5, 0.6) is 11.5 Å². The van der Waals surface area contributed by atoms with Crippen molar-refractivity contribution >= 4 is 0 Å². The third-order valence-corrected chi connectivity index (χ3v) is 3.41. The number of aromatic hydroxyl groups is 1. The normalized spacial score (nSPS) is 17.5. The summed E-state index contributed by atoms with van der Waals surface area (Å²) in [5.74, 6) is 1.18. The standard InChI is InChI=1S/C15H15NO2/c1-18-13-8-3-2-6-11(13)15-14-10(9-16-15)5-4-7-12(14)17/h2-8,15-17H,9H2,1H3. The average Bonchev–Trinajstić information content (AvgIpc) is 2.84. The van der Waals surface area contributed by atoms with Gasteiger partial charge in [-0.25, -0.2) is 0 Å². The molecule has 1 aliphatic rings. The second kappa shape index (κ2) is 4.35. The molecule has 18 heavy (non-hydrogen) atoms.